The van der Waals surface area contributed by atoms with Gasteiger partial charge >= 0.3 is 5.97 Å². The molecule has 0 radical (unpaired) electrons. The van der Waals surface area contributed by atoms with Crippen molar-refractivity contribution in [3.63, 3.8) is 0 Å². The molecule has 0 unspecified atom stereocenters. The van der Waals surface area contributed by atoms with Crippen LogP contribution in [0, 0.1) is 5.92 Å². The van der Waals surface area contributed by atoms with Gasteiger partial charge in [-0.2, -0.15) is 24.8 Å². The number of carbonyl (C=O) groups excluding carboxylic acids is 1. The predicted octanol–water partition coefficient (Wildman–Crippen LogP) is 1.41. The number of aromatic nitrogens is 2. The molecular formula is C17H22N4O5S3. The van der Waals surface area contributed by atoms with E-state index in [4.69, 9.17) is 0 Å². The van der Waals surface area contributed by atoms with E-state index in [0.717, 1.165) is 11.7 Å². The van der Waals surface area contributed by atoms with Gasteiger partial charge in [0, 0.05) is 19.0 Å². The molecular weight excluding hydrogens is 436 g/mol. The quantitative estimate of drug-likeness (QED) is 0.607. The van der Waals surface area contributed by atoms with Crippen LogP contribution in [0.3, 0.4) is 0 Å². The van der Waals surface area contributed by atoms with Crippen LogP contribution in [0.15, 0.2) is 23.1 Å². The summed E-state index contributed by atoms with van der Waals surface area (Å²) < 4.78 is 35.6. The lowest BCUT2D eigenvalue weighted by Gasteiger charge is -2.31. The maximum Gasteiger partial charge on any atom is 0.326 e. The maximum absolute atomic E-state index is 13.0. The van der Waals surface area contributed by atoms with Crippen LogP contribution in [-0.4, -0.2) is 69.6 Å². The number of carbonyl (C=O) groups is 2. The fraction of sp³-hybridized carbons (Fsp3) is 0.529. The average molecular weight is 459 g/mol. The molecule has 158 valence electrons. The van der Waals surface area contributed by atoms with Crippen molar-refractivity contribution in [2.45, 2.75) is 30.2 Å². The molecule has 1 saturated heterocycles. The number of rotatable bonds is 8. The second kappa shape index (κ2) is 9.37. The minimum absolute atomic E-state index is 0.120. The van der Waals surface area contributed by atoms with Crippen molar-refractivity contribution in [3.8, 4) is 0 Å². The Balaban J connectivity index is 1.64. The highest BCUT2D eigenvalue weighted by molar-refractivity contribution is 7.98. The molecule has 0 aliphatic carbocycles. The summed E-state index contributed by atoms with van der Waals surface area (Å²) in [6, 6.07) is 3.94. The zero-order chi connectivity index (χ0) is 21.0. The monoisotopic (exact) mass is 458 g/mol. The van der Waals surface area contributed by atoms with E-state index < -0.39 is 28.0 Å². The first-order valence-corrected chi connectivity index (χ1v) is 12.6. The van der Waals surface area contributed by atoms with Crippen LogP contribution in [0.4, 0.5) is 0 Å². The number of carboxylic acids is 1. The first kappa shape index (κ1) is 21.9. The Labute approximate surface area is 177 Å². The van der Waals surface area contributed by atoms with Gasteiger partial charge in [-0.25, -0.2) is 13.2 Å². The number of thioether (sulfide) groups is 1. The fourth-order valence-corrected chi connectivity index (χ4v) is 5.96. The van der Waals surface area contributed by atoms with Crippen LogP contribution in [-0.2, 0) is 19.6 Å². The van der Waals surface area contributed by atoms with E-state index in [9.17, 15) is 23.1 Å². The Kier molecular flexibility index (Phi) is 7.09. The second-order valence-electron chi connectivity index (χ2n) is 6.75. The van der Waals surface area contributed by atoms with Crippen LogP contribution in [0.25, 0.3) is 11.0 Å². The summed E-state index contributed by atoms with van der Waals surface area (Å²) in [5, 5.41) is 11.9. The summed E-state index contributed by atoms with van der Waals surface area (Å²) in [6.45, 7) is 0.383. The van der Waals surface area contributed by atoms with Gasteiger partial charge < -0.3 is 10.4 Å². The number of hydrogen-bond acceptors (Lipinski definition) is 8. The number of benzene rings is 1. The average Bonchev–Trinajstić information content (AvgIpc) is 3.19. The zero-order valence-corrected chi connectivity index (χ0v) is 18.2. The molecule has 2 aromatic rings. The van der Waals surface area contributed by atoms with Gasteiger partial charge in [0.05, 0.1) is 11.7 Å². The Morgan fingerprint density at radius 3 is 2.72 bits per heavy atom. The second-order valence-corrected chi connectivity index (χ2v) is 10.2. The molecule has 29 heavy (non-hydrogen) atoms. The van der Waals surface area contributed by atoms with E-state index >= 15 is 0 Å². The lowest BCUT2D eigenvalue weighted by Crippen LogP contribution is -2.47. The largest absolute Gasteiger partial charge is 0.480 e. The summed E-state index contributed by atoms with van der Waals surface area (Å²) >= 11 is 2.48. The van der Waals surface area contributed by atoms with Crippen LogP contribution in [0.5, 0.6) is 0 Å². The van der Waals surface area contributed by atoms with E-state index in [1.165, 1.54) is 22.1 Å². The summed E-state index contributed by atoms with van der Waals surface area (Å²) in [5.41, 5.74) is 0.894. The van der Waals surface area contributed by atoms with Crippen molar-refractivity contribution >= 4 is 56.4 Å². The van der Waals surface area contributed by atoms with E-state index in [2.05, 4.69) is 14.1 Å². The molecule has 1 aliphatic rings. The van der Waals surface area contributed by atoms with Crippen molar-refractivity contribution < 1.29 is 23.1 Å². The number of hydrogen-bond donors (Lipinski definition) is 2. The highest BCUT2D eigenvalue weighted by Gasteiger charge is 2.34. The van der Waals surface area contributed by atoms with Gasteiger partial charge in [-0.3, -0.25) is 4.79 Å². The van der Waals surface area contributed by atoms with Crippen molar-refractivity contribution in [2.24, 2.45) is 5.92 Å². The number of piperidine rings is 1. The van der Waals surface area contributed by atoms with Crippen LogP contribution < -0.4 is 5.32 Å². The summed E-state index contributed by atoms with van der Waals surface area (Å²) in [6.07, 6.45) is 2.90. The predicted molar refractivity (Wildman–Crippen MR) is 111 cm³/mol. The van der Waals surface area contributed by atoms with Gasteiger partial charge in [-0.05, 0) is 43.4 Å². The molecule has 1 atom stereocenters. The molecule has 1 amide bonds. The summed E-state index contributed by atoms with van der Waals surface area (Å²) in [4.78, 5) is 23.9. The highest BCUT2D eigenvalue weighted by Crippen LogP contribution is 2.28. The number of sulfonamides is 1. The number of carboxylic acid groups (broad SMARTS) is 1. The molecule has 0 bridgehead atoms. The number of fused-ring (bicyclic) bond motifs is 1. The first-order valence-electron chi connectivity index (χ1n) is 9.08. The van der Waals surface area contributed by atoms with E-state index in [1.54, 1.807) is 12.1 Å². The molecule has 3 rings (SSSR count). The molecule has 9 nitrogen and oxygen atoms in total. The number of aliphatic carboxylic acids is 1. The SMILES string of the molecule is CSCC[C@@H](NC(=O)C1CCN(S(=O)(=O)c2cccc3nsnc23)CC1)C(=O)O. The Morgan fingerprint density at radius 1 is 1.34 bits per heavy atom. The lowest BCUT2D eigenvalue weighted by molar-refractivity contribution is -0.142. The molecule has 0 saturated carbocycles. The van der Waals surface area contributed by atoms with E-state index in [1.807, 2.05) is 6.26 Å². The number of nitrogens with zero attached hydrogens (tertiary/aromatic N) is 3. The Bertz CT molecular complexity index is 986. The van der Waals surface area contributed by atoms with E-state index in [0.29, 0.717) is 36.0 Å². The van der Waals surface area contributed by atoms with Gasteiger partial charge in [0.25, 0.3) is 0 Å². The topological polar surface area (TPSA) is 130 Å². The third-order valence-corrected chi connectivity index (χ3v) is 8.03. The van der Waals surface area contributed by atoms with Crippen molar-refractivity contribution in [1.29, 1.82) is 0 Å². The van der Waals surface area contributed by atoms with Gasteiger partial charge in [-0.15, -0.1) is 0 Å². The van der Waals surface area contributed by atoms with Gasteiger partial charge in [0.1, 0.15) is 22.0 Å². The molecule has 1 aliphatic heterocycles. The van der Waals surface area contributed by atoms with Crippen LogP contribution in [0.2, 0.25) is 0 Å². The Hall–Kier alpha value is -1.76. The molecule has 0 spiro atoms. The minimum atomic E-state index is -3.75. The van der Waals surface area contributed by atoms with E-state index in [-0.39, 0.29) is 23.9 Å². The standard InChI is InChI=1S/C17H22N4O5S3/c1-27-10-7-13(17(23)24)18-16(22)11-5-8-21(9-6-11)29(25,26)14-4-2-3-12-15(14)20-28-19-12/h2-4,11,13H,5-10H2,1H3,(H,18,22)(H,23,24)/t13-/m1/s1. The Morgan fingerprint density at radius 2 is 2.07 bits per heavy atom. The van der Waals surface area contributed by atoms with Crippen LogP contribution in [0.1, 0.15) is 19.3 Å². The van der Waals surface area contributed by atoms with Crippen molar-refractivity contribution in [2.75, 3.05) is 25.1 Å². The third-order valence-electron chi connectivity index (χ3n) is 4.92. The highest BCUT2D eigenvalue weighted by atomic mass is 32.2. The third kappa shape index (κ3) is 4.87. The van der Waals surface area contributed by atoms with Gasteiger partial charge in [0.2, 0.25) is 15.9 Å². The molecule has 2 N–H and O–H groups in total. The fourth-order valence-electron chi connectivity index (χ4n) is 3.27. The molecule has 2 heterocycles. The van der Waals surface area contributed by atoms with Crippen molar-refractivity contribution in [3.05, 3.63) is 18.2 Å². The summed E-state index contributed by atoms with van der Waals surface area (Å²) in [7, 11) is -3.75. The van der Waals surface area contributed by atoms with Crippen LogP contribution >= 0.6 is 23.5 Å². The normalized spacial score (nSPS) is 17.3. The molecule has 1 fully saturated rings. The van der Waals surface area contributed by atoms with Gasteiger partial charge in [-0.1, -0.05) is 6.07 Å². The minimum Gasteiger partial charge on any atom is -0.480 e. The number of nitrogens with one attached hydrogen (secondary N) is 1. The molecule has 12 heteroatoms. The van der Waals surface area contributed by atoms with Gasteiger partial charge in [0.15, 0.2) is 0 Å². The summed E-state index contributed by atoms with van der Waals surface area (Å²) in [5.74, 6) is -1.17. The lowest BCUT2D eigenvalue weighted by atomic mass is 9.96. The zero-order valence-electron chi connectivity index (χ0n) is 15.8. The molecule has 1 aromatic heterocycles. The molecule has 1 aromatic carbocycles. The number of amides is 1. The smallest absolute Gasteiger partial charge is 0.326 e. The first-order chi connectivity index (χ1) is 13.8. The van der Waals surface area contributed by atoms with Crippen molar-refractivity contribution in [1.82, 2.24) is 18.4 Å². The maximum atomic E-state index is 13.0.